The monoisotopic (exact) mass is 391 g/mol. The van der Waals surface area contributed by atoms with Gasteiger partial charge in [-0.05, 0) is 25.0 Å². The van der Waals surface area contributed by atoms with Gasteiger partial charge in [-0.1, -0.05) is 11.8 Å². The zero-order chi connectivity index (χ0) is 20.1. The fraction of sp³-hybridized carbons (Fsp3) is 0.389. The summed E-state index contributed by atoms with van der Waals surface area (Å²) in [4.78, 5) is 26.0. The molecule has 4 rings (SSSR count). The number of anilines is 1. The van der Waals surface area contributed by atoms with E-state index in [2.05, 4.69) is 32.6 Å². The van der Waals surface area contributed by atoms with Crippen LogP contribution >= 0.6 is 0 Å². The van der Waals surface area contributed by atoms with E-state index in [0.29, 0.717) is 6.92 Å². The van der Waals surface area contributed by atoms with Crippen molar-refractivity contribution in [3.8, 4) is 11.8 Å². The summed E-state index contributed by atoms with van der Waals surface area (Å²) in [6, 6.07) is 1.28. The molecule has 1 aromatic heterocycles. The third kappa shape index (κ3) is 3.02. The molecule has 1 atom stereocenters. The van der Waals surface area contributed by atoms with Crippen molar-refractivity contribution < 1.29 is 18.0 Å². The highest BCUT2D eigenvalue weighted by molar-refractivity contribution is 5.95. The number of carbonyl (C=O) groups is 1. The number of aromatic amines is 1. The summed E-state index contributed by atoms with van der Waals surface area (Å²) in [6.45, 7) is 0.410. The summed E-state index contributed by atoms with van der Waals surface area (Å²) < 4.78 is 45.0. The standard InChI is InChI=1S/C18H16F3N5O2/c1-17(20,21)18(5-4-10-2-3-10)12-7-13(19)11(6-14(12)24-15(27)25-18)8-26-16(28)22-9-23-26/h6-7,9-10H,2-3,8H2,1H3,(H,22,23,28)(H2,24,25,27)/t18-/m0/s1. The van der Waals surface area contributed by atoms with Gasteiger partial charge in [-0.3, -0.25) is 4.98 Å². The number of halogens is 3. The van der Waals surface area contributed by atoms with Crippen molar-refractivity contribution >= 4 is 11.7 Å². The molecule has 0 unspecified atom stereocenters. The van der Waals surface area contributed by atoms with Crippen molar-refractivity contribution in [2.45, 2.75) is 37.8 Å². The van der Waals surface area contributed by atoms with E-state index >= 15 is 0 Å². The molecule has 0 saturated heterocycles. The van der Waals surface area contributed by atoms with E-state index < -0.39 is 29.0 Å². The molecule has 1 aliphatic carbocycles. The number of alkyl halides is 2. The predicted molar refractivity (Wildman–Crippen MR) is 93.3 cm³/mol. The Morgan fingerprint density at radius 2 is 2.11 bits per heavy atom. The van der Waals surface area contributed by atoms with Crippen molar-refractivity contribution in [3.05, 3.63) is 45.9 Å². The molecule has 146 valence electrons. The second kappa shape index (κ2) is 6.15. The van der Waals surface area contributed by atoms with E-state index in [-0.39, 0.29) is 29.3 Å². The van der Waals surface area contributed by atoms with Gasteiger partial charge in [0.15, 0.2) is 5.54 Å². The fourth-order valence-electron chi connectivity index (χ4n) is 3.09. The number of aromatic nitrogens is 3. The van der Waals surface area contributed by atoms with Crippen LogP contribution in [0.2, 0.25) is 0 Å². The topological polar surface area (TPSA) is 91.8 Å². The summed E-state index contributed by atoms with van der Waals surface area (Å²) in [5.41, 5.74) is -3.04. The lowest BCUT2D eigenvalue weighted by Crippen LogP contribution is -2.59. The number of amides is 2. The number of urea groups is 1. The number of fused-ring (bicyclic) bond motifs is 1. The first-order valence-electron chi connectivity index (χ1n) is 8.63. The zero-order valence-corrected chi connectivity index (χ0v) is 14.8. The Kier molecular flexibility index (Phi) is 3.99. The van der Waals surface area contributed by atoms with Crippen molar-refractivity contribution in [1.29, 1.82) is 0 Å². The van der Waals surface area contributed by atoms with Crippen LogP contribution in [0.15, 0.2) is 23.3 Å². The number of nitrogens with zero attached hydrogens (tertiary/aromatic N) is 2. The normalized spacial score (nSPS) is 21.2. The minimum atomic E-state index is -3.48. The number of H-pyrrole nitrogens is 1. The molecule has 10 heteroatoms. The highest BCUT2D eigenvalue weighted by atomic mass is 19.3. The van der Waals surface area contributed by atoms with Gasteiger partial charge in [0.25, 0.3) is 5.92 Å². The fourth-order valence-corrected chi connectivity index (χ4v) is 3.09. The average Bonchev–Trinajstić information content (AvgIpc) is 3.35. The number of hydrogen-bond donors (Lipinski definition) is 3. The van der Waals surface area contributed by atoms with Crippen LogP contribution in [0, 0.1) is 23.6 Å². The Labute approximate surface area is 157 Å². The molecule has 7 nitrogen and oxygen atoms in total. The number of nitrogens with one attached hydrogen (secondary N) is 3. The Balaban J connectivity index is 1.85. The van der Waals surface area contributed by atoms with Crippen LogP contribution in [0.4, 0.5) is 23.7 Å². The van der Waals surface area contributed by atoms with Crippen LogP contribution in [0.5, 0.6) is 0 Å². The second-order valence-electron chi connectivity index (χ2n) is 7.00. The van der Waals surface area contributed by atoms with E-state index in [0.717, 1.165) is 29.9 Å². The molecule has 2 aromatic rings. The molecule has 1 fully saturated rings. The molecular weight excluding hydrogens is 375 g/mol. The molecule has 3 N–H and O–H groups in total. The lowest BCUT2D eigenvalue weighted by molar-refractivity contribution is -0.0465. The number of rotatable bonds is 3. The molecule has 28 heavy (non-hydrogen) atoms. The second-order valence-corrected chi connectivity index (χ2v) is 7.00. The summed E-state index contributed by atoms with van der Waals surface area (Å²) in [7, 11) is 0. The Bertz CT molecular complexity index is 1070. The molecule has 2 heterocycles. The molecule has 1 aromatic carbocycles. The van der Waals surface area contributed by atoms with Gasteiger partial charge in [0.2, 0.25) is 0 Å². The van der Waals surface area contributed by atoms with Crippen molar-refractivity contribution in [3.63, 3.8) is 0 Å². The van der Waals surface area contributed by atoms with Gasteiger partial charge in [0.05, 0.1) is 6.54 Å². The molecular formula is C18H16F3N5O2. The maximum Gasteiger partial charge on any atom is 0.343 e. The minimum Gasteiger partial charge on any atom is -0.312 e. The smallest absolute Gasteiger partial charge is 0.312 e. The first-order chi connectivity index (χ1) is 13.2. The lowest BCUT2D eigenvalue weighted by atomic mass is 9.81. The highest BCUT2D eigenvalue weighted by Crippen LogP contribution is 2.44. The van der Waals surface area contributed by atoms with Gasteiger partial charge in [-0.15, -0.1) is 0 Å². The quantitative estimate of drug-likeness (QED) is 0.701. The van der Waals surface area contributed by atoms with Crippen molar-refractivity contribution in [1.82, 2.24) is 20.1 Å². The van der Waals surface area contributed by atoms with E-state index in [1.165, 1.54) is 6.07 Å². The summed E-state index contributed by atoms with van der Waals surface area (Å²) >= 11 is 0. The van der Waals surface area contributed by atoms with Crippen molar-refractivity contribution in [2.24, 2.45) is 5.92 Å². The summed E-state index contributed by atoms with van der Waals surface area (Å²) in [5.74, 6) is 0.988. The van der Waals surface area contributed by atoms with Crippen LogP contribution in [0.3, 0.4) is 0 Å². The van der Waals surface area contributed by atoms with Crippen LogP contribution in [0.25, 0.3) is 0 Å². The highest BCUT2D eigenvalue weighted by Gasteiger charge is 2.55. The first kappa shape index (κ1) is 18.2. The third-order valence-corrected chi connectivity index (χ3v) is 4.78. The van der Waals surface area contributed by atoms with Gasteiger partial charge >= 0.3 is 11.7 Å². The van der Waals surface area contributed by atoms with Crippen molar-refractivity contribution in [2.75, 3.05) is 5.32 Å². The molecule has 1 saturated carbocycles. The summed E-state index contributed by atoms with van der Waals surface area (Å²) in [5, 5.41) is 8.36. The Hall–Kier alpha value is -3.22. The van der Waals surface area contributed by atoms with Crippen LogP contribution in [-0.2, 0) is 12.1 Å². The van der Waals surface area contributed by atoms with Gasteiger partial charge in [0.1, 0.15) is 12.1 Å². The number of carbonyl (C=O) groups excluding carboxylic acids is 1. The van der Waals surface area contributed by atoms with Gasteiger partial charge < -0.3 is 10.6 Å². The zero-order valence-electron chi connectivity index (χ0n) is 14.8. The van der Waals surface area contributed by atoms with Gasteiger partial charge in [0, 0.05) is 29.7 Å². The predicted octanol–water partition coefficient (Wildman–Crippen LogP) is 2.16. The van der Waals surface area contributed by atoms with E-state index in [9.17, 15) is 22.8 Å². The van der Waals surface area contributed by atoms with Crippen LogP contribution < -0.4 is 16.3 Å². The van der Waals surface area contributed by atoms with Gasteiger partial charge in [-0.2, -0.15) is 5.10 Å². The number of benzene rings is 1. The Morgan fingerprint density at radius 1 is 1.36 bits per heavy atom. The van der Waals surface area contributed by atoms with Gasteiger partial charge in [-0.25, -0.2) is 27.4 Å². The molecule has 2 aliphatic rings. The minimum absolute atomic E-state index is 0.00474. The third-order valence-electron chi connectivity index (χ3n) is 4.78. The maximum atomic E-state index is 14.8. The summed E-state index contributed by atoms with van der Waals surface area (Å²) in [6.07, 6.45) is 2.77. The molecule has 0 bridgehead atoms. The van der Waals surface area contributed by atoms with Crippen LogP contribution in [-0.4, -0.2) is 26.7 Å². The first-order valence-corrected chi connectivity index (χ1v) is 8.63. The SMILES string of the molecule is CC(F)(F)[C@@]1(C#CC2CC2)NC(=O)Nc2cc(Cn3nc[nH]c3=O)c(F)cc21. The molecule has 1 aliphatic heterocycles. The average molecular weight is 391 g/mol. The largest absolute Gasteiger partial charge is 0.343 e. The molecule has 0 spiro atoms. The molecule has 2 amide bonds. The molecule has 0 radical (unpaired) electrons. The van der Waals surface area contributed by atoms with E-state index in [1.807, 2.05) is 0 Å². The number of hydrogen-bond acceptors (Lipinski definition) is 3. The van der Waals surface area contributed by atoms with E-state index in [4.69, 9.17) is 0 Å². The maximum absolute atomic E-state index is 14.8. The lowest BCUT2D eigenvalue weighted by Gasteiger charge is -2.40. The van der Waals surface area contributed by atoms with Crippen LogP contribution in [0.1, 0.15) is 30.9 Å². The Morgan fingerprint density at radius 3 is 2.71 bits per heavy atom. The van der Waals surface area contributed by atoms with E-state index in [1.54, 1.807) is 0 Å².